The van der Waals surface area contributed by atoms with Gasteiger partial charge in [-0.15, -0.1) is 0 Å². The molecule has 1 aliphatic heterocycles. The number of carbonyl (C=O) groups excluding carboxylic acids is 1. The molecule has 0 spiro atoms. The van der Waals surface area contributed by atoms with Crippen LogP contribution in [0.1, 0.15) is 30.9 Å². The highest BCUT2D eigenvalue weighted by atomic mass is 32.2. The van der Waals surface area contributed by atoms with Gasteiger partial charge in [-0.1, -0.05) is 0 Å². The Bertz CT molecular complexity index is 997. The molecule has 158 valence electrons. The van der Waals surface area contributed by atoms with Crippen LogP contribution >= 0.6 is 0 Å². The lowest BCUT2D eigenvalue weighted by Crippen LogP contribution is -2.36. The van der Waals surface area contributed by atoms with E-state index < -0.39 is 10.0 Å². The number of carbonyl (C=O) groups is 1. The van der Waals surface area contributed by atoms with Crippen molar-refractivity contribution in [2.24, 2.45) is 0 Å². The van der Waals surface area contributed by atoms with Crippen molar-refractivity contribution >= 4 is 21.6 Å². The molecule has 29 heavy (non-hydrogen) atoms. The molecule has 0 fully saturated rings. The summed E-state index contributed by atoms with van der Waals surface area (Å²) in [6.07, 6.45) is 0.646. The normalized spacial score (nSPS) is 16.7. The number of anilines is 1. The maximum atomic E-state index is 13.4. The van der Waals surface area contributed by atoms with Crippen LogP contribution in [-0.4, -0.2) is 56.8 Å². The van der Waals surface area contributed by atoms with E-state index in [1.54, 1.807) is 23.1 Å². The molecule has 0 radical (unpaired) electrons. The second kappa shape index (κ2) is 8.30. The van der Waals surface area contributed by atoms with Crippen molar-refractivity contribution in [2.75, 3.05) is 32.1 Å². The maximum absolute atomic E-state index is 13.4. The molecule has 1 aliphatic rings. The third-order valence-electron chi connectivity index (χ3n) is 5.17. The van der Waals surface area contributed by atoms with Crippen molar-refractivity contribution < 1.29 is 17.6 Å². The van der Waals surface area contributed by atoms with Crippen molar-refractivity contribution in [3.8, 4) is 0 Å². The zero-order valence-electron chi connectivity index (χ0n) is 17.7. The van der Waals surface area contributed by atoms with E-state index >= 15 is 0 Å². The predicted molar refractivity (Wildman–Crippen MR) is 112 cm³/mol. The summed E-state index contributed by atoms with van der Waals surface area (Å²) in [6.45, 7) is 6.46. The van der Waals surface area contributed by atoms with Crippen LogP contribution in [0.3, 0.4) is 0 Å². The van der Waals surface area contributed by atoms with Crippen LogP contribution < -0.4 is 4.90 Å². The Kier molecular flexibility index (Phi) is 6.16. The second-order valence-corrected chi connectivity index (χ2v) is 9.82. The summed E-state index contributed by atoms with van der Waals surface area (Å²) in [7, 11) is 0.104. The van der Waals surface area contributed by atoms with Crippen LogP contribution in [0, 0.1) is 6.92 Å². The molecule has 8 heteroatoms. The Hall–Kier alpha value is -2.16. The van der Waals surface area contributed by atoms with Gasteiger partial charge < -0.3 is 14.2 Å². The summed E-state index contributed by atoms with van der Waals surface area (Å²) in [4.78, 5) is 15.9. The Labute approximate surface area is 172 Å². The minimum Gasteiger partial charge on any atom is -0.465 e. The molecule has 0 saturated heterocycles. The maximum Gasteiger partial charge on any atom is 0.243 e. The Morgan fingerprint density at radius 1 is 1.21 bits per heavy atom. The average molecular weight is 420 g/mol. The SMILES string of the molecule is CC(=O)N1c2ccc(S(=O)(=O)N(CCN(C)C)Cc3ccc(C)o3)cc2C[C@H]1C. The summed E-state index contributed by atoms with van der Waals surface area (Å²) in [6, 6.07) is 8.71. The first kappa shape index (κ1) is 21.5. The predicted octanol–water partition coefficient (Wildman–Crippen LogP) is 2.64. The van der Waals surface area contributed by atoms with E-state index in [1.807, 2.05) is 45.0 Å². The van der Waals surface area contributed by atoms with Gasteiger partial charge in [0.1, 0.15) is 11.5 Å². The molecule has 7 nitrogen and oxygen atoms in total. The molecule has 1 aromatic heterocycles. The minimum absolute atomic E-state index is 0.0244. The molecule has 3 rings (SSSR count). The van der Waals surface area contributed by atoms with Gasteiger partial charge in [0.2, 0.25) is 15.9 Å². The number of rotatable bonds is 7. The molecule has 0 bridgehead atoms. The van der Waals surface area contributed by atoms with Crippen LogP contribution in [0.25, 0.3) is 0 Å². The minimum atomic E-state index is -3.72. The van der Waals surface area contributed by atoms with E-state index in [9.17, 15) is 13.2 Å². The fourth-order valence-electron chi connectivity index (χ4n) is 3.74. The highest BCUT2D eigenvalue weighted by Crippen LogP contribution is 2.34. The molecule has 0 N–H and O–H groups in total. The number of amides is 1. The van der Waals surface area contributed by atoms with Crippen LogP contribution in [-0.2, 0) is 27.8 Å². The summed E-state index contributed by atoms with van der Waals surface area (Å²) in [5.74, 6) is 1.33. The number of hydrogen-bond donors (Lipinski definition) is 0. The van der Waals surface area contributed by atoms with E-state index in [-0.39, 0.29) is 23.4 Å². The fourth-order valence-corrected chi connectivity index (χ4v) is 5.19. The Balaban J connectivity index is 1.93. The van der Waals surface area contributed by atoms with E-state index in [2.05, 4.69) is 0 Å². The van der Waals surface area contributed by atoms with Crippen molar-refractivity contribution in [1.29, 1.82) is 0 Å². The van der Waals surface area contributed by atoms with Crippen molar-refractivity contribution in [1.82, 2.24) is 9.21 Å². The molecular weight excluding hydrogens is 390 g/mol. The third-order valence-corrected chi connectivity index (χ3v) is 7.01. The number of likely N-dealkylation sites (N-methyl/N-ethyl adjacent to an activating group) is 1. The Morgan fingerprint density at radius 3 is 2.52 bits per heavy atom. The summed E-state index contributed by atoms with van der Waals surface area (Å²) in [5, 5.41) is 0. The highest BCUT2D eigenvalue weighted by molar-refractivity contribution is 7.89. The molecule has 1 atom stereocenters. The lowest BCUT2D eigenvalue weighted by molar-refractivity contribution is -0.116. The topological polar surface area (TPSA) is 74.1 Å². The molecule has 1 amide bonds. The van der Waals surface area contributed by atoms with Crippen molar-refractivity contribution in [3.63, 3.8) is 0 Å². The highest BCUT2D eigenvalue weighted by Gasteiger charge is 2.32. The lowest BCUT2D eigenvalue weighted by atomic mass is 10.1. The molecule has 0 saturated carbocycles. The lowest BCUT2D eigenvalue weighted by Gasteiger charge is -2.24. The largest absolute Gasteiger partial charge is 0.465 e. The average Bonchev–Trinajstić information content (AvgIpc) is 3.19. The van der Waals surface area contributed by atoms with Crippen molar-refractivity contribution in [3.05, 3.63) is 47.4 Å². The van der Waals surface area contributed by atoms with Gasteiger partial charge in [-0.25, -0.2) is 8.42 Å². The number of sulfonamides is 1. The number of benzene rings is 1. The van der Waals surface area contributed by atoms with E-state index in [4.69, 9.17) is 4.42 Å². The molecular formula is C21H29N3O4S. The van der Waals surface area contributed by atoms with Gasteiger partial charge in [-0.05, 0) is 70.3 Å². The van der Waals surface area contributed by atoms with Crippen LogP contribution in [0.4, 0.5) is 5.69 Å². The number of aryl methyl sites for hydroxylation is 1. The number of furan rings is 1. The van der Waals surface area contributed by atoms with Crippen molar-refractivity contribution in [2.45, 2.75) is 44.7 Å². The van der Waals surface area contributed by atoms with E-state index in [1.165, 1.54) is 11.2 Å². The van der Waals surface area contributed by atoms with Gasteiger partial charge in [0.15, 0.2) is 0 Å². The Morgan fingerprint density at radius 2 is 1.93 bits per heavy atom. The fraction of sp³-hybridized carbons (Fsp3) is 0.476. The number of fused-ring (bicyclic) bond motifs is 1. The molecule has 2 aromatic rings. The first-order valence-electron chi connectivity index (χ1n) is 9.72. The summed E-state index contributed by atoms with van der Waals surface area (Å²) in [5.41, 5.74) is 1.68. The molecule has 0 aliphatic carbocycles. The van der Waals surface area contributed by atoms with Crippen LogP contribution in [0.5, 0.6) is 0 Å². The standard InChI is InChI=1S/C21H29N3O4S/c1-15-12-18-13-20(8-9-21(18)24(15)17(3)25)29(26,27)23(11-10-22(4)5)14-19-7-6-16(2)28-19/h6-9,13,15H,10-12,14H2,1-5H3/t15-/m1/s1. The molecule has 1 aromatic carbocycles. The third kappa shape index (κ3) is 4.55. The zero-order valence-corrected chi connectivity index (χ0v) is 18.5. The number of hydrogen-bond acceptors (Lipinski definition) is 5. The second-order valence-electron chi connectivity index (χ2n) is 7.89. The monoisotopic (exact) mass is 419 g/mol. The summed E-state index contributed by atoms with van der Waals surface area (Å²) < 4.78 is 33.9. The first-order valence-corrected chi connectivity index (χ1v) is 11.2. The van der Waals surface area contributed by atoms with Gasteiger partial charge in [0, 0.05) is 31.7 Å². The van der Waals surface area contributed by atoms with Crippen LogP contribution in [0.15, 0.2) is 39.6 Å². The van der Waals surface area contributed by atoms with Gasteiger partial charge in [-0.2, -0.15) is 4.31 Å². The van der Waals surface area contributed by atoms with Gasteiger partial charge in [-0.3, -0.25) is 4.79 Å². The zero-order chi connectivity index (χ0) is 21.3. The quantitative estimate of drug-likeness (QED) is 0.690. The van der Waals surface area contributed by atoms with Gasteiger partial charge >= 0.3 is 0 Å². The van der Waals surface area contributed by atoms with E-state index in [0.29, 0.717) is 25.3 Å². The summed E-state index contributed by atoms with van der Waals surface area (Å²) >= 11 is 0. The van der Waals surface area contributed by atoms with Gasteiger partial charge in [0.25, 0.3) is 0 Å². The first-order chi connectivity index (χ1) is 13.6. The number of nitrogens with zero attached hydrogens (tertiary/aromatic N) is 3. The van der Waals surface area contributed by atoms with Gasteiger partial charge in [0.05, 0.1) is 11.4 Å². The van der Waals surface area contributed by atoms with E-state index in [0.717, 1.165) is 17.0 Å². The molecule has 0 unspecified atom stereocenters. The molecule has 2 heterocycles. The van der Waals surface area contributed by atoms with Crippen LogP contribution in [0.2, 0.25) is 0 Å². The smallest absolute Gasteiger partial charge is 0.243 e.